The summed E-state index contributed by atoms with van der Waals surface area (Å²) in [5, 5.41) is 11.3. The predicted octanol–water partition coefficient (Wildman–Crippen LogP) is -1.46. The Kier molecular flexibility index (Phi) is 11.8. The van der Waals surface area contributed by atoms with Gasteiger partial charge in [0.25, 0.3) is 0 Å². The Bertz CT molecular complexity index is 746. The molecule has 0 aromatic rings. The summed E-state index contributed by atoms with van der Waals surface area (Å²) in [4.78, 5) is 55.8. The second-order valence-corrected chi connectivity index (χ2v) is 9.48. The summed E-state index contributed by atoms with van der Waals surface area (Å²) in [5.41, 5.74) is 10.4. The Morgan fingerprint density at radius 3 is 2.38 bits per heavy atom. The molecule has 1 fully saturated rings. The minimum atomic E-state index is -0.761. The fourth-order valence-corrected chi connectivity index (χ4v) is 3.81. The normalized spacial score (nSPS) is 17.4. The molecular weight excluding hydrogens is 440 g/mol. The van der Waals surface area contributed by atoms with Crippen molar-refractivity contribution < 1.29 is 19.2 Å². The Morgan fingerprint density at radius 2 is 1.79 bits per heavy atom. The molecule has 1 aliphatic rings. The molecule has 12 nitrogen and oxygen atoms in total. The Hall–Kier alpha value is -2.89. The third kappa shape index (κ3) is 10.4. The van der Waals surface area contributed by atoms with Crippen molar-refractivity contribution in [3.8, 4) is 0 Å². The van der Waals surface area contributed by atoms with Crippen LogP contribution in [-0.2, 0) is 19.2 Å². The van der Waals surface area contributed by atoms with Gasteiger partial charge < -0.3 is 37.6 Å². The molecule has 194 valence electrons. The number of hydrogen-bond donors (Lipinski definition) is 6. The van der Waals surface area contributed by atoms with Gasteiger partial charge in [-0.3, -0.25) is 24.2 Å². The lowest BCUT2D eigenvalue weighted by Gasteiger charge is -2.27. The summed E-state index contributed by atoms with van der Waals surface area (Å²) in [5.74, 6) is -1.35. The minimum Gasteiger partial charge on any atom is -0.370 e. The van der Waals surface area contributed by atoms with Gasteiger partial charge in [-0.25, -0.2) is 0 Å². The van der Waals surface area contributed by atoms with Gasteiger partial charge in [-0.1, -0.05) is 0 Å². The molecule has 0 aliphatic carbocycles. The van der Waals surface area contributed by atoms with Gasteiger partial charge in [0.15, 0.2) is 5.96 Å². The van der Waals surface area contributed by atoms with Gasteiger partial charge >= 0.3 is 0 Å². The van der Waals surface area contributed by atoms with Crippen LogP contribution in [0.3, 0.4) is 0 Å². The summed E-state index contributed by atoms with van der Waals surface area (Å²) >= 11 is 0. The van der Waals surface area contributed by atoms with Crippen molar-refractivity contribution in [1.82, 2.24) is 26.2 Å². The average Bonchev–Trinajstić information content (AvgIpc) is 3.22. The largest absolute Gasteiger partial charge is 0.370 e. The van der Waals surface area contributed by atoms with Gasteiger partial charge in [0.05, 0.1) is 12.6 Å². The van der Waals surface area contributed by atoms with Crippen molar-refractivity contribution in [2.24, 2.45) is 16.5 Å². The predicted molar refractivity (Wildman–Crippen MR) is 131 cm³/mol. The van der Waals surface area contributed by atoms with E-state index < -0.39 is 24.0 Å². The Balaban J connectivity index is 2.70. The minimum absolute atomic E-state index is 0.0330. The fraction of sp³-hybridized carbons (Fsp3) is 0.773. The molecule has 0 bridgehead atoms. The molecule has 34 heavy (non-hydrogen) atoms. The number of guanidine groups is 1. The van der Waals surface area contributed by atoms with E-state index in [-0.39, 0.29) is 35.8 Å². The van der Waals surface area contributed by atoms with Crippen LogP contribution < -0.4 is 32.7 Å². The first-order chi connectivity index (χ1) is 15.9. The second kappa shape index (κ2) is 13.7. The maximum Gasteiger partial charge on any atom is 0.243 e. The molecule has 3 unspecified atom stereocenters. The zero-order valence-corrected chi connectivity index (χ0v) is 21.1. The van der Waals surface area contributed by atoms with E-state index in [1.54, 1.807) is 13.8 Å². The second-order valence-electron chi connectivity index (χ2n) is 9.48. The van der Waals surface area contributed by atoms with Crippen molar-refractivity contribution in [1.29, 1.82) is 0 Å². The third-order valence-electron chi connectivity index (χ3n) is 5.26. The van der Waals surface area contributed by atoms with Crippen LogP contribution in [0.5, 0.6) is 0 Å². The summed E-state index contributed by atoms with van der Waals surface area (Å²) in [7, 11) is 0. The number of nitrogens with zero attached hydrogens (tertiary/aromatic N) is 2. The van der Waals surface area contributed by atoms with Gasteiger partial charge in [-0.15, -0.1) is 0 Å². The number of amides is 4. The highest BCUT2D eigenvalue weighted by atomic mass is 16.2. The van der Waals surface area contributed by atoms with Crippen LogP contribution in [0.25, 0.3) is 0 Å². The third-order valence-corrected chi connectivity index (χ3v) is 5.26. The van der Waals surface area contributed by atoms with Gasteiger partial charge in [0.2, 0.25) is 23.6 Å². The number of hydrogen-bond acceptors (Lipinski definition) is 6. The zero-order chi connectivity index (χ0) is 25.9. The van der Waals surface area contributed by atoms with Crippen molar-refractivity contribution in [3.05, 3.63) is 0 Å². The van der Waals surface area contributed by atoms with Crippen LogP contribution in [0.15, 0.2) is 4.99 Å². The monoisotopic (exact) mass is 482 g/mol. The maximum atomic E-state index is 13.0. The molecule has 0 spiro atoms. The van der Waals surface area contributed by atoms with Crippen LogP contribution in [0.1, 0.15) is 60.3 Å². The van der Waals surface area contributed by atoms with Gasteiger partial charge in [0, 0.05) is 25.2 Å². The maximum absolute atomic E-state index is 13.0. The van der Waals surface area contributed by atoms with Crippen LogP contribution in [-0.4, -0.2) is 84.3 Å². The Labute approximate surface area is 202 Å². The van der Waals surface area contributed by atoms with E-state index in [1.807, 2.05) is 20.8 Å². The van der Waals surface area contributed by atoms with Crippen molar-refractivity contribution in [2.45, 2.75) is 84.0 Å². The number of carbonyl (C=O) groups excluding carboxylic acids is 4. The van der Waals surface area contributed by atoms with Crippen LogP contribution in [0, 0.1) is 0 Å². The summed E-state index contributed by atoms with van der Waals surface area (Å²) in [6.07, 6.45) is 2.00. The molecule has 4 amide bonds. The lowest BCUT2D eigenvalue weighted by molar-refractivity contribution is -0.139. The quantitative estimate of drug-likeness (QED) is 0.112. The highest BCUT2D eigenvalue weighted by molar-refractivity contribution is 5.93. The standard InChI is InChI=1S/C22H42N8O4/c1-6-25-19(33)15(9-7-11-26-21(23)24)28-20(34)16-10-8-12-30(16)17(31)13-27-18(32)14(2)29-22(3,4)5/h14-16,29H,6-13H2,1-5H3,(H,25,33)(H,27,32)(H,28,34)(H4,23,24,26). The molecule has 8 N–H and O–H groups in total. The molecule has 0 radical (unpaired) electrons. The van der Waals surface area contributed by atoms with E-state index in [1.165, 1.54) is 4.90 Å². The molecule has 0 aromatic carbocycles. The van der Waals surface area contributed by atoms with E-state index in [0.29, 0.717) is 45.3 Å². The van der Waals surface area contributed by atoms with E-state index in [4.69, 9.17) is 11.5 Å². The summed E-state index contributed by atoms with van der Waals surface area (Å²) in [6, 6.07) is -1.92. The highest BCUT2D eigenvalue weighted by Gasteiger charge is 2.35. The van der Waals surface area contributed by atoms with E-state index in [0.717, 1.165) is 0 Å². The molecule has 12 heteroatoms. The fourth-order valence-electron chi connectivity index (χ4n) is 3.81. The molecule has 1 heterocycles. The number of carbonyl (C=O) groups is 4. The highest BCUT2D eigenvalue weighted by Crippen LogP contribution is 2.18. The lowest BCUT2D eigenvalue weighted by Crippen LogP contribution is -2.55. The molecule has 1 saturated heterocycles. The van der Waals surface area contributed by atoms with Crippen LogP contribution in [0.2, 0.25) is 0 Å². The van der Waals surface area contributed by atoms with E-state index >= 15 is 0 Å². The van der Waals surface area contributed by atoms with Crippen LogP contribution in [0.4, 0.5) is 0 Å². The summed E-state index contributed by atoms with van der Waals surface area (Å²) in [6.45, 7) is 10.3. The number of likely N-dealkylation sites (tertiary alicyclic amines) is 1. The van der Waals surface area contributed by atoms with E-state index in [2.05, 4.69) is 26.3 Å². The van der Waals surface area contributed by atoms with Gasteiger partial charge in [-0.2, -0.15) is 0 Å². The van der Waals surface area contributed by atoms with Gasteiger partial charge in [-0.05, 0) is 60.3 Å². The van der Waals surface area contributed by atoms with Crippen molar-refractivity contribution in [3.63, 3.8) is 0 Å². The first-order valence-electron chi connectivity index (χ1n) is 11.8. The average molecular weight is 483 g/mol. The Morgan fingerprint density at radius 1 is 1.12 bits per heavy atom. The van der Waals surface area contributed by atoms with Gasteiger partial charge in [0.1, 0.15) is 12.1 Å². The molecule has 0 saturated carbocycles. The topological polar surface area (TPSA) is 184 Å². The summed E-state index contributed by atoms with van der Waals surface area (Å²) < 4.78 is 0. The number of nitrogens with one attached hydrogen (secondary N) is 4. The first-order valence-corrected chi connectivity index (χ1v) is 11.8. The first kappa shape index (κ1) is 29.1. The molecule has 1 rings (SSSR count). The molecule has 1 aliphatic heterocycles. The lowest BCUT2D eigenvalue weighted by atomic mass is 10.1. The van der Waals surface area contributed by atoms with Crippen LogP contribution >= 0.6 is 0 Å². The van der Waals surface area contributed by atoms with Crippen molar-refractivity contribution >= 4 is 29.6 Å². The van der Waals surface area contributed by atoms with Crippen molar-refractivity contribution in [2.75, 3.05) is 26.2 Å². The number of aliphatic imine (C=N–C) groups is 1. The number of likely N-dealkylation sites (N-methyl/N-ethyl adjacent to an activating group) is 1. The number of nitrogens with two attached hydrogens (primary N) is 2. The zero-order valence-electron chi connectivity index (χ0n) is 21.1. The van der Waals surface area contributed by atoms with E-state index in [9.17, 15) is 19.2 Å². The molecule has 3 atom stereocenters. The number of rotatable bonds is 12. The molecular formula is C22H42N8O4. The SMILES string of the molecule is CCNC(=O)C(CCCN=C(N)N)NC(=O)C1CCCN1C(=O)CNC(=O)C(C)NC(C)(C)C. The smallest absolute Gasteiger partial charge is 0.243 e. The molecule has 0 aromatic heterocycles.